The number of benzene rings is 1. The monoisotopic (exact) mass is 305 g/mol. The number of rotatable bonds is 5. The second-order valence-electron chi connectivity index (χ2n) is 4.89. The highest BCUT2D eigenvalue weighted by Gasteiger charge is 2.30. The van der Waals surface area contributed by atoms with Gasteiger partial charge in [0.1, 0.15) is 0 Å². The molecule has 1 atom stereocenters. The van der Waals surface area contributed by atoms with Gasteiger partial charge in [0.15, 0.2) is 0 Å². The summed E-state index contributed by atoms with van der Waals surface area (Å²) in [6, 6.07) is 5.65. The quantitative estimate of drug-likeness (QED) is 0.845. The summed E-state index contributed by atoms with van der Waals surface area (Å²) in [6.45, 7) is 1.93. The molecule has 1 aliphatic heterocycles. The van der Waals surface area contributed by atoms with Gasteiger partial charge in [0.25, 0.3) is 0 Å². The SMILES string of the molecule is OC[C@@H]1CCCN1CCSc1cccc(C(F)(F)F)c1. The van der Waals surface area contributed by atoms with Crippen LogP contribution in [0.25, 0.3) is 0 Å². The molecule has 112 valence electrons. The maximum Gasteiger partial charge on any atom is 0.416 e. The van der Waals surface area contributed by atoms with E-state index in [1.165, 1.54) is 23.9 Å². The Balaban J connectivity index is 1.85. The number of nitrogens with zero attached hydrogens (tertiary/aromatic N) is 1. The van der Waals surface area contributed by atoms with Crippen LogP contribution in [0.5, 0.6) is 0 Å². The van der Waals surface area contributed by atoms with Crippen molar-refractivity contribution in [3.63, 3.8) is 0 Å². The first-order chi connectivity index (χ1) is 9.50. The molecule has 1 aromatic rings. The fraction of sp³-hybridized carbons (Fsp3) is 0.571. The van der Waals surface area contributed by atoms with Gasteiger partial charge in [0.05, 0.1) is 12.2 Å². The molecule has 1 saturated heterocycles. The summed E-state index contributed by atoms with van der Waals surface area (Å²) in [5.41, 5.74) is -0.600. The van der Waals surface area contributed by atoms with Crippen LogP contribution in [0.4, 0.5) is 13.2 Å². The average molecular weight is 305 g/mol. The molecular formula is C14H18F3NOS. The predicted molar refractivity (Wildman–Crippen MR) is 73.8 cm³/mol. The summed E-state index contributed by atoms with van der Waals surface area (Å²) in [7, 11) is 0. The minimum absolute atomic E-state index is 0.161. The first kappa shape index (κ1) is 15.7. The van der Waals surface area contributed by atoms with Crippen molar-refractivity contribution >= 4 is 11.8 Å². The van der Waals surface area contributed by atoms with Gasteiger partial charge in [-0.3, -0.25) is 4.90 Å². The number of halogens is 3. The molecule has 1 aliphatic rings. The number of aliphatic hydroxyl groups is 1. The van der Waals surface area contributed by atoms with Crippen molar-refractivity contribution in [2.45, 2.75) is 30.0 Å². The van der Waals surface area contributed by atoms with E-state index in [1.54, 1.807) is 6.07 Å². The Morgan fingerprint density at radius 2 is 2.15 bits per heavy atom. The molecule has 0 saturated carbocycles. The number of likely N-dealkylation sites (tertiary alicyclic amines) is 1. The van der Waals surface area contributed by atoms with Gasteiger partial charge in [-0.15, -0.1) is 11.8 Å². The van der Waals surface area contributed by atoms with Gasteiger partial charge in [0, 0.05) is 23.2 Å². The minimum Gasteiger partial charge on any atom is -0.395 e. The Morgan fingerprint density at radius 1 is 1.35 bits per heavy atom. The molecule has 20 heavy (non-hydrogen) atoms. The van der Waals surface area contributed by atoms with Gasteiger partial charge in [0.2, 0.25) is 0 Å². The van der Waals surface area contributed by atoms with Crippen LogP contribution >= 0.6 is 11.8 Å². The van der Waals surface area contributed by atoms with Crippen LogP contribution in [-0.2, 0) is 6.18 Å². The van der Waals surface area contributed by atoms with Crippen LogP contribution in [0, 0.1) is 0 Å². The smallest absolute Gasteiger partial charge is 0.395 e. The molecule has 1 aromatic carbocycles. The summed E-state index contributed by atoms with van der Waals surface area (Å²) in [6.07, 6.45) is -2.20. The number of alkyl halides is 3. The van der Waals surface area contributed by atoms with Crippen molar-refractivity contribution in [1.29, 1.82) is 0 Å². The Bertz CT molecular complexity index is 439. The highest BCUT2D eigenvalue weighted by Crippen LogP contribution is 2.32. The van der Waals surface area contributed by atoms with E-state index in [4.69, 9.17) is 0 Å². The standard InChI is InChI=1S/C14H18F3NOS/c15-14(16,17)11-3-1-5-13(9-11)20-8-7-18-6-2-4-12(18)10-19/h1,3,5,9,12,19H,2,4,6-8,10H2/t12-/m0/s1. The van der Waals surface area contributed by atoms with Crippen molar-refractivity contribution in [1.82, 2.24) is 4.90 Å². The van der Waals surface area contributed by atoms with Crippen LogP contribution in [0.15, 0.2) is 29.2 Å². The second kappa shape index (κ2) is 6.83. The third kappa shape index (κ3) is 4.14. The summed E-state index contributed by atoms with van der Waals surface area (Å²) >= 11 is 1.43. The lowest BCUT2D eigenvalue weighted by molar-refractivity contribution is -0.137. The normalized spacial score (nSPS) is 20.5. The van der Waals surface area contributed by atoms with E-state index in [-0.39, 0.29) is 12.6 Å². The first-order valence-corrected chi connectivity index (χ1v) is 7.64. The van der Waals surface area contributed by atoms with Crippen LogP contribution < -0.4 is 0 Å². The fourth-order valence-electron chi connectivity index (χ4n) is 2.44. The van der Waals surface area contributed by atoms with E-state index in [2.05, 4.69) is 4.90 Å². The van der Waals surface area contributed by atoms with E-state index in [0.29, 0.717) is 4.90 Å². The molecule has 0 bridgehead atoms. The van der Waals surface area contributed by atoms with Crippen molar-refractivity contribution < 1.29 is 18.3 Å². The van der Waals surface area contributed by atoms with Gasteiger partial charge >= 0.3 is 6.18 Å². The lowest BCUT2D eigenvalue weighted by Gasteiger charge is -2.22. The molecule has 1 fully saturated rings. The number of thioether (sulfide) groups is 1. The van der Waals surface area contributed by atoms with Gasteiger partial charge < -0.3 is 5.11 Å². The molecule has 6 heteroatoms. The number of hydrogen-bond donors (Lipinski definition) is 1. The Labute approximate surface area is 121 Å². The van der Waals surface area contributed by atoms with Gasteiger partial charge in [-0.05, 0) is 37.6 Å². The highest BCUT2D eigenvalue weighted by molar-refractivity contribution is 7.99. The van der Waals surface area contributed by atoms with Gasteiger partial charge in [-0.1, -0.05) is 6.07 Å². The van der Waals surface area contributed by atoms with Crippen LogP contribution in [0.1, 0.15) is 18.4 Å². The third-order valence-electron chi connectivity index (χ3n) is 3.52. The summed E-state index contributed by atoms with van der Waals surface area (Å²) < 4.78 is 37.8. The third-order valence-corrected chi connectivity index (χ3v) is 4.49. The summed E-state index contributed by atoms with van der Waals surface area (Å²) in [5.74, 6) is 0.734. The molecule has 1 N–H and O–H groups in total. The minimum atomic E-state index is -4.28. The molecular weight excluding hydrogens is 287 g/mol. The van der Waals surface area contributed by atoms with E-state index < -0.39 is 11.7 Å². The molecule has 2 rings (SSSR count). The lowest BCUT2D eigenvalue weighted by Crippen LogP contribution is -2.33. The van der Waals surface area contributed by atoms with E-state index in [1.807, 2.05) is 0 Å². The molecule has 0 radical (unpaired) electrons. The summed E-state index contributed by atoms with van der Waals surface area (Å²) in [5, 5.41) is 9.21. The maximum absolute atomic E-state index is 12.6. The zero-order valence-electron chi connectivity index (χ0n) is 11.1. The first-order valence-electron chi connectivity index (χ1n) is 6.65. The highest BCUT2D eigenvalue weighted by atomic mass is 32.2. The van der Waals surface area contributed by atoms with Gasteiger partial charge in [-0.25, -0.2) is 0 Å². The van der Waals surface area contributed by atoms with E-state index in [9.17, 15) is 18.3 Å². The second-order valence-corrected chi connectivity index (χ2v) is 6.06. The Kier molecular flexibility index (Phi) is 5.35. The van der Waals surface area contributed by atoms with Crippen LogP contribution in [-0.4, -0.2) is 41.5 Å². The van der Waals surface area contributed by atoms with E-state index >= 15 is 0 Å². The molecule has 2 nitrogen and oxygen atoms in total. The molecule has 1 heterocycles. The van der Waals surface area contributed by atoms with Crippen molar-refractivity contribution in [3.8, 4) is 0 Å². The van der Waals surface area contributed by atoms with Crippen molar-refractivity contribution in [3.05, 3.63) is 29.8 Å². The largest absolute Gasteiger partial charge is 0.416 e. The maximum atomic E-state index is 12.6. The van der Waals surface area contributed by atoms with Gasteiger partial charge in [-0.2, -0.15) is 13.2 Å². The average Bonchev–Trinajstić information content (AvgIpc) is 2.86. The fourth-order valence-corrected chi connectivity index (χ4v) is 3.39. The zero-order valence-corrected chi connectivity index (χ0v) is 11.9. The lowest BCUT2D eigenvalue weighted by atomic mass is 10.2. The molecule has 0 aliphatic carbocycles. The number of aliphatic hydroxyl groups excluding tert-OH is 1. The molecule has 0 spiro atoms. The Morgan fingerprint density at radius 3 is 2.85 bits per heavy atom. The summed E-state index contributed by atoms with van der Waals surface area (Å²) in [4.78, 5) is 2.85. The van der Waals surface area contributed by atoms with Crippen LogP contribution in [0.2, 0.25) is 0 Å². The molecule has 0 unspecified atom stereocenters. The molecule has 0 amide bonds. The zero-order chi connectivity index (χ0) is 14.6. The molecule has 0 aromatic heterocycles. The van der Waals surface area contributed by atoms with Crippen molar-refractivity contribution in [2.24, 2.45) is 0 Å². The Hall–Kier alpha value is -0.720. The van der Waals surface area contributed by atoms with E-state index in [0.717, 1.165) is 37.8 Å². The van der Waals surface area contributed by atoms with Crippen molar-refractivity contribution in [2.75, 3.05) is 25.4 Å². The van der Waals surface area contributed by atoms with Crippen LogP contribution in [0.3, 0.4) is 0 Å². The topological polar surface area (TPSA) is 23.5 Å². The number of hydrogen-bond acceptors (Lipinski definition) is 3. The predicted octanol–water partition coefficient (Wildman–Crippen LogP) is 3.25.